The maximum Gasteiger partial charge on any atom is 0.417 e. The number of halogens is 4. The molecule has 79 heavy (non-hydrogen) atoms. The van der Waals surface area contributed by atoms with Crippen molar-refractivity contribution in [1.82, 2.24) is 35.3 Å². The number of β-amino-alcohol motifs (C(OH)–C–C–N with tert-alkyl or cyclic N) is 1. The fraction of sp³-hybridized carbons (Fsp3) is 0.534. The number of aromatic amines is 1. The third kappa shape index (κ3) is 15.5. The van der Waals surface area contributed by atoms with E-state index in [9.17, 15) is 47.0 Å². The van der Waals surface area contributed by atoms with Crippen LogP contribution in [0.5, 0.6) is 0 Å². The normalized spacial score (nSPS) is 19.5. The Balaban J connectivity index is 0.837. The molecule has 5 atom stereocenters. The fourth-order valence-electron chi connectivity index (χ4n) is 10.6. The summed E-state index contributed by atoms with van der Waals surface area (Å²) in [5.74, 6) is -2.77. The number of likely N-dealkylation sites (N-methyl/N-ethyl adjacent to an activating group) is 1. The number of pyridine rings is 1. The van der Waals surface area contributed by atoms with Gasteiger partial charge in [-0.15, -0.1) is 11.3 Å². The first-order valence-corrected chi connectivity index (χ1v) is 28.2. The van der Waals surface area contributed by atoms with Gasteiger partial charge in [-0.25, -0.2) is 9.37 Å². The molecular weight excluding hydrogens is 1040 g/mol. The minimum absolute atomic E-state index is 0.0124. The molecule has 2 fully saturated rings. The molecule has 0 saturated carbocycles. The summed E-state index contributed by atoms with van der Waals surface area (Å²) in [6.07, 6.45) is 3.25. The number of aliphatic hydroxyl groups excluding tert-OH is 1. The van der Waals surface area contributed by atoms with Crippen LogP contribution in [0.15, 0.2) is 65.0 Å². The van der Waals surface area contributed by atoms with Gasteiger partial charge >= 0.3 is 6.18 Å². The molecule has 0 bridgehead atoms. The highest BCUT2D eigenvalue weighted by Gasteiger charge is 2.45. The molecule has 5 heterocycles. The Hall–Kier alpha value is -6.45. The molecule has 16 nitrogen and oxygen atoms in total. The molecule has 0 aliphatic carbocycles. The standard InChI is InChI=1S/C58H75F4N9O7S/c1-35-31-70(32-36(2)68(35)7)47-28-45(59)42(26-46(47)66-54(76)43-30-63-50(74)27-44(43)58(60,61)62)39-21-23-69(24-22-39)51(75)16-14-12-10-8-9-11-13-15-49(73)67-53(57(4,5)6)56(78)71-33-41(72)25-48(71)55(77)64-29-38-17-19-40(20-18-38)52-37(3)65-34-79-52/h17-21,26-28,30,34-36,41,48,53,72H,8-16,22-25,29,31-33H2,1-7H3,(H,63,74)(H,64,77)(H,66,76)(H,67,73)/t35-,36+,41-,48+,53-/m1/s1. The molecule has 7 rings (SSSR count). The molecular formula is C58H75F4N9O7S. The molecule has 21 heteroatoms. The van der Waals surface area contributed by atoms with E-state index in [1.54, 1.807) is 27.8 Å². The van der Waals surface area contributed by atoms with Crippen LogP contribution in [0.4, 0.5) is 28.9 Å². The molecule has 0 unspecified atom stereocenters. The zero-order valence-electron chi connectivity index (χ0n) is 46.2. The summed E-state index contributed by atoms with van der Waals surface area (Å²) in [6.45, 7) is 13.3. The lowest BCUT2D eigenvalue weighted by Crippen LogP contribution is -2.57. The van der Waals surface area contributed by atoms with Crippen LogP contribution in [0.2, 0.25) is 0 Å². The van der Waals surface area contributed by atoms with Crippen molar-refractivity contribution in [3.05, 3.63) is 104 Å². The number of benzene rings is 2. The van der Waals surface area contributed by atoms with Gasteiger partial charge in [-0.3, -0.25) is 33.7 Å². The summed E-state index contributed by atoms with van der Waals surface area (Å²) in [5, 5.41) is 19.1. The van der Waals surface area contributed by atoms with Gasteiger partial charge in [0.15, 0.2) is 0 Å². The predicted molar refractivity (Wildman–Crippen MR) is 298 cm³/mol. The average Bonchev–Trinajstić information content (AvgIpc) is 4.06. The number of carbonyl (C=O) groups excluding carboxylic acids is 5. The SMILES string of the molecule is Cc1ncsc1-c1ccc(CNC(=O)[C@@H]2C[C@@H](O)CN2C(=O)[C@@H](NC(=O)CCCCCCCCCC(=O)N2CC=C(c3cc(NC(=O)c4c[nH]c(=O)cc4C(F)(F)F)c(N4C[C@@H](C)N(C)[C@@H](C)C4)cc3F)CC2)C(C)(C)C)cc1. The number of rotatable bonds is 20. The van der Waals surface area contributed by atoms with Gasteiger partial charge in [-0.05, 0) is 81.3 Å². The molecule has 5 N–H and O–H groups in total. The highest BCUT2D eigenvalue weighted by atomic mass is 32.1. The minimum Gasteiger partial charge on any atom is -0.391 e. The van der Waals surface area contributed by atoms with Crippen LogP contribution in [0.25, 0.3) is 16.0 Å². The number of aryl methyl sites for hydroxylation is 1. The smallest absolute Gasteiger partial charge is 0.391 e. The van der Waals surface area contributed by atoms with Crippen LogP contribution < -0.4 is 26.4 Å². The number of nitrogens with zero attached hydrogens (tertiary/aromatic N) is 5. The van der Waals surface area contributed by atoms with Crippen LogP contribution in [-0.4, -0.2) is 129 Å². The van der Waals surface area contributed by atoms with Gasteiger partial charge in [0.1, 0.15) is 17.9 Å². The number of amides is 5. The molecule has 0 spiro atoms. The van der Waals surface area contributed by atoms with Gasteiger partial charge in [-0.2, -0.15) is 13.2 Å². The lowest BCUT2D eigenvalue weighted by Gasteiger charge is -2.44. The number of alkyl halides is 3. The van der Waals surface area contributed by atoms with Gasteiger partial charge < -0.3 is 40.7 Å². The van der Waals surface area contributed by atoms with E-state index in [4.69, 9.17) is 0 Å². The Labute approximate surface area is 463 Å². The summed E-state index contributed by atoms with van der Waals surface area (Å²) in [5.41, 5.74) is 2.00. The molecule has 2 aromatic heterocycles. The van der Waals surface area contributed by atoms with Gasteiger partial charge in [-0.1, -0.05) is 83.2 Å². The zero-order valence-corrected chi connectivity index (χ0v) is 47.1. The number of anilines is 2. The van der Waals surface area contributed by atoms with Crippen LogP contribution in [0.3, 0.4) is 0 Å². The van der Waals surface area contributed by atoms with Crippen LogP contribution in [0, 0.1) is 18.2 Å². The number of carbonyl (C=O) groups is 5. The van der Waals surface area contributed by atoms with E-state index in [0.717, 1.165) is 60.0 Å². The summed E-state index contributed by atoms with van der Waals surface area (Å²) in [7, 11) is 1.98. The number of H-pyrrole nitrogens is 1. The lowest BCUT2D eigenvalue weighted by atomic mass is 9.85. The van der Waals surface area contributed by atoms with Crippen molar-refractivity contribution in [1.29, 1.82) is 0 Å². The molecule has 428 valence electrons. The first kappa shape index (κ1) is 60.2. The Morgan fingerprint density at radius 2 is 1.57 bits per heavy atom. The van der Waals surface area contributed by atoms with Gasteiger partial charge in [0, 0.05) is 88.4 Å². The molecule has 2 saturated heterocycles. The summed E-state index contributed by atoms with van der Waals surface area (Å²) in [4.78, 5) is 94.2. The largest absolute Gasteiger partial charge is 0.417 e. The minimum atomic E-state index is -4.99. The van der Waals surface area contributed by atoms with E-state index in [2.05, 4.69) is 30.8 Å². The monoisotopic (exact) mass is 1120 g/mol. The quantitative estimate of drug-likeness (QED) is 0.0421. The third-order valence-electron chi connectivity index (χ3n) is 15.4. The number of unbranched alkanes of at least 4 members (excludes halogenated alkanes) is 6. The fourth-order valence-corrected chi connectivity index (χ4v) is 11.4. The van der Waals surface area contributed by atoms with Crippen molar-refractivity contribution in [2.45, 2.75) is 155 Å². The number of likely N-dealkylation sites (tertiary alicyclic amines) is 1. The van der Waals surface area contributed by atoms with Crippen LogP contribution >= 0.6 is 11.3 Å². The van der Waals surface area contributed by atoms with Crippen molar-refractivity contribution in [2.75, 3.05) is 50.0 Å². The average molecular weight is 1120 g/mol. The van der Waals surface area contributed by atoms with E-state index < -0.39 is 64.1 Å². The number of hydrogen-bond acceptors (Lipinski definition) is 11. The number of aromatic nitrogens is 2. The molecule has 3 aliphatic heterocycles. The van der Waals surface area contributed by atoms with Crippen molar-refractivity contribution < 1.29 is 46.6 Å². The first-order chi connectivity index (χ1) is 37.4. The van der Waals surface area contributed by atoms with Crippen molar-refractivity contribution in [3.63, 3.8) is 0 Å². The molecule has 5 amide bonds. The zero-order chi connectivity index (χ0) is 57.3. The Bertz CT molecular complexity index is 2910. The Morgan fingerprint density at radius 3 is 2.18 bits per heavy atom. The first-order valence-electron chi connectivity index (χ1n) is 27.3. The second-order valence-corrected chi connectivity index (χ2v) is 23.3. The Morgan fingerprint density at radius 1 is 0.911 bits per heavy atom. The number of aliphatic hydroxyl groups is 1. The summed E-state index contributed by atoms with van der Waals surface area (Å²) >= 11 is 1.56. The lowest BCUT2D eigenvalue weighted by molar-refractivity contribution is -0.144. The molecule has 4 aromatic rings. The number of piperazine rings is 1. The number of nitrogens with one attached hydrogen (secondary N) is 4. The van der Waals surface area contributed by atoms with Gasteiger partial charge in [0.2, 0.25) is 29.2 Å². The van der Waals surface area contributed by atoms with E-state index in [0.29, 0.717) is 62.6 Å². The molecule has 2 aromatic carbocycles. The molecule has 3 aliphatic rings. The summed E-state index contributed by atoms with van der Waals surface area (Å²) in [6, 6.07) is 9.20. The van der Waals surface area contributed by atoms with E-state index in [1.807, 2.05) is 77.8 Å². The maximum atomic E-state index is 16.2. The number of thiazole rings is 1. The van der Waals surface area contributed by atoms with Crippen LogP contribution in [-0.2, 0) is 31.9 Å². The van der Waals surface area contributed by atoms with Crippen LogP contribution in [0.1, 0.15) is 138 Å². The highest BCUT2D eigenvalue weighted by Crippen LogP contribution is 2.38. The van der Waals surface area contributed by atoms with E-state index in [1.165, 1.54) is 17.0 Å². The maximum absolute atomic E-state index is 16.2. The molecule has 0 radical (unpaired) electrons. The third-order valence-corrected chi connectivity index (χ3v) is 16.4. The van der Waals surface area contributed by atoms with Crippen molar-refractivity contribution in [2.24, 2.45) is 5.41 Å². The van der Waals surface area contributed by atoms with E-state index >= 15 is 4.39 Å². The summed E-state index contributed by atoms with van der Waals surface area (Å²) < 4.78 is 58.1. The second-order valence-electron chi connectivity index (χ2n) is 22.4. The van der Waals surface area contributed by atoms with Crippen molar-refractivity contribution >= 4 is 57.8 Å². The highest BCUT2D eigenvalue weighted by molar-refractivity contribution is 7.13. The second kappa shape index (κ2) is 26.2. The number of hydrogen-bond donors (Lipinski definition) is 5. The van der Waals surface area contributed by atoms with Crippen molar-refractivity contribution in [3.8, 4) is 10.4 Å². The predicted octanol–water partition coefficient (Wildman–Crippen LogP) is 8.68. The Kier molecular flexibility index (Phi) is 20.0. The van der Waals surface area contributed by atoms with E-state index in [-0.39, 0.29) is 73.5 Å². The van der Waals surface area contributed by atoms with Gasteiger partial charge in [0.05, 0.1) is 44.7 Å². The topological polar surface area (TPSA) is 200 Å². The van der Waals surface area contributed by atoms with Gasteiger partial charge in [0.25, 0.3) is 5.91 Å².